The van der Waals surface area contributed by atoms with Gasteiger partial charge in [0.1, 0.15) is 43.4 Å². The molecule has 0 aliphatic carbocycles. The Morgan fingerprint density at radius 1 is 0.660 bits per heavy atom. The molecule has 0 unspecified atom stereocenters. The molecule has 1 rings (SSSR count). The zero-order valence-corrected chi connectivity index (χ0v) is 40.2. The Morgan fingerprint density at radius 2 is 1.06 bits per heavy atom. The van der Waals surface area contributed by atoms with Gasteiger partial charge in [-0.2, -0.15) is 0 Å². The summed E-state index contributed by atoms with van der Waals surface area (Å²) in [7, 11) is -7.87. The lowest BCUT2D eigenvalue weighted by atomic mass is 9.99. The van der Waals surface area contributed by atoms with Gasteiger partial charge >= 0.3 is 0 Å². The lowest BCUT2D eigenvalue weighted by Crippen LogP contribution is -2.68. The van der Waals surface area contributed by atoms with E-state index in [-0.39, 0.29) is 33.6 Å². The van der Waals surface area contributed by atoms with Crippen LogP contribution in [0.3, 0.4) is 0 Å². The van der Waals surface area contributed by atoms with Crippen LogP contribution < -0.4 is 0 Å². The maximum absolute atomic E-state index is 11.2. The summed E-state index contributed by atoms with van der Waals surface area (Å²) in [5.41, 5.74) is 0. The van der Waals surface area contributed by atoms with E-state index < -0.39 is 76.2 Å². The van der Waals surface area contributed by atoms with Gasteiger partial charge in [0.25, 0.3) is 0 Å². The Kier molecular flexibility index (Phi) is 16.8. The highest BCUT2D eigenvalue weighted by Crippen LogP contribution is 2.46. The van der Waals surface area contributed by atoms with Crippen LogP contribution >= 0.6 is 0 Å². The third-order valence-electron chi connectivity index (χ3n) is 12.1. The molecule has 1 fully saturated rings. The minimum absolute atomic E-state index is 0.00435. The number of aliphatic hydroxyl groups is 1. The van der Waals surface area contributed by atoms with Crippen molar-refractivity contribution in [2.45, 2.75) is 199 Å². The van der Waals surface area contributed by atoms with Gasteiger partial charge in [-0.3, -0.25) is 0 Å². The Hall–Kier alpha value is 0.248. The molecule has 0 saturated carbocycles. The number of ether oxygens (including phenoxy) is 4. The van der Waals surface area contributed by atoms with E-state index in [9.17, 15) is 5.11 Å². The van der Waals surface area contributed by atoms with E-state index in [0.29, 0.717) is 6.61 Å². The smallest absolute Gasteiger partial charge is 0.192 e. The van der Waals surface area contributed by atoms with Crippen LogP contribution in [0, 0.1) is 0 Å². The summed E-state index contributed by atoms with van der Waals surface area (Å²) in [4.78, 5) is 0. The van der Waals surface area contributed by atoms with Crippen molar-refractivity contribution in [2.75, 3.05) is 27.1 Å². The molecule has 0 aromatic rings. The number of methoxy groups -OCH3 is 1. The van der Waals surface area contributed by atoms with Gasteiger partial charge in [0.2, 0.25) is 0 Å². The first-order chi connectivity index (χ1) is 22.2. The van der Waals surface area contributed by atoms with E-state index in [1.807, 2.05) is 0 Å². The molecule has 50 heavy (non-hydrogen) atoms. The van der Waals surface area contributed by atoms with Gasteiger partial charge in [-0.05, 0) is 72.5 Å². The Balaban J connectivity index is 4.00. The summed E-state index contributed by atoms with van der Waals surface area (Å²) in [6.07, 6.45) is -3.13. The Bertz CT molecular complexity index is 1060. The number of hydrogen-bond acceptors (Lipinski definition) is 9. The number of hydrogen-bond donors (Lipinski definition) is 1. The maximum Gasteiger partial charge on any atom is 0.192 e. The second kappa shape index (κ2) is 17.4. The summed E-state index contributed by atoms with van der Waals surface area (Å²) in [6, 6.07) is 0. The highest BCUT2D eigenvalue weighted by atomic mass is 28.4. The van der Waals surface area contributed by atoms with Crippen LogP contribution in [-0.4, -0.2) is 108 Å². The van der Waals surface area contributed by atoms with E-state index >= 15 is 0 Å². The van der Waals surface area contributed by atoms with Gasteiger partial charge < -0.3 is 41.8 Å². The first-order valence-corrected chi connectivity index (χ1v) is 30.1. The zero-order chi connectivity index (χ0) is 39.5. The molecule has 1 aliphatic rings. The maximum atomic E-state index is 11.2. The first kappa shape index (κ1) is 48.3. The first-order valence-electron chi connectivity index (χ1n) is 18.5. The Labute approximate surface area is 312 Å². The van der Waals surface area contributed by atoms with Crippen molar-refractivity contribution >= 4 is 33.3 Å². The average molecular weight is 781 g/mol. The van der Waals surface area contributed by atoms with E-state index in [1.54, 1.807) is 13.2 Å². The molecule has 298 valence electrons. The second-order valence-corrected chi connectivity index (χ2v) is 39.4. The van der Waals surface area contributed by atoms with Gasteiger partial charge in [0.15, 0.2) is 39.6 Å². The van der Waals surface area contributed by atoms with Gasteiger partial charge in [-0.25, -0.2) is 0 Å². The molecular weight excluding hydrogens is 701 g/mol. The summed E-state index contributed by atoms with van der Waals surface area (Å²) in [5, 5.41) is 11.0. The van der Waals surface area contributed by atoms with Crippen molar-refractivity contribution in [1.29, 1.82) is 0 Å². The van der Waals surface area contributed by atoms with Crippen molar-refractivity contribution < 1.29 is 41.8 Å². The van der Waals surface area contributed by atoms with Crippen LogP contribution in [-0.2, 0) is 36.7 Å². The SMILES string of the molecule is C=C[C@H](OCOC)[C@@H](O)CO[C@@H]1O[C@H](CO[Si](C)(C)C(C)(C)C)[C@@H](O[Si](C)(C)C(C)(C)C)[C@H](O[Si](C)(C)C(C)(C)C)[C@H]1O[Si](C)(C)C(C)(C)C. The monoisotopic (exact) mass is 780 g/mol. The van der Waals surface area contributed by atoms with Crippen LogP contribution in [0.15, 0.2) is 12.7 Å². The van der Waals surface area contributed by atoms with E-state index in [2.05, 4.69) is 142 Å². The molecule has 0 spiro atoms. The van der Waals surface area contributed by atoms with Gasteiger partial charge in [0.05, 0.1) is 13.2 Å². The summed E-state index contributed by atoms with van der Waals surface area (Å²) in [6.45, 7) is 49.2. The standard InChI is InChI=1S/C37H80O9Si4/c1-23-28(41-26-39-14)27(38)24-40-33-32(46-50(21,22)37(11,12)13)31(45-49(19,20)36(8,9)10)30(44-48(17,18)35(5,6)7)29(43-33)25-42-47(15,16)34(2,3)4/h23,27-33,38H,1,24-26H2,2-22H3/t27-,28-,29+,30+,31-,32+,33+/m0/s1. The molecule has 1 saturated heterocycles. The van der Waals surface area contributed by atoms with Gasteiger partial charge in [0, 0.05) is 7.11 Å². The molecule has 7 atom stereocenters. The fourth-order valence-electron chi connectivity index (χ4n) is 4.38. The van der Waals surface area contributed by atoms with Crippen molar-refractivity contribution in [2.24, 2.45) is 0 Å². The predicted molar refractivity (Wildman–Crippen MR) is 217 cm³/mol. The molecule has 0 amide bonds. The molecule has 1 aliphatic heterocycles. The number of aliphatic hydroxyl groups excluding tert-OH is 1. The van der Waals surface area contributed by atoms with Crippen LogP contribution in [0.25, 0.3) is 0 Å². The van der Waals surface area contributed by atoms with E-state index in [1.165, 1.54) is 0 Å². The highest BCUT2D eigenvalue weighted by molar-refractivity contribution is 6.75. The van der Waals surface area contributed by atoms with E-state index in [0.717, 1.165) is 0 Å². The van der Waals surface area contributed by atoms with Crippen molar-refractivity contribution in [3.05, 3.63) is 12.7 Å². The lowest BCUT2D eigenvalue weighted by molar-refractivity contribution is -0.297. The van der Waals surface area contributed by atoms with Gasteiger partial charge in [-0.15, -0.1) is 6.58 Å². The normalized spacial score (nSPS) is 25.0. The summed E-state index contributed by atoms with van der Waals surface area (Å²) in [5.74, 6) is 0. The fourth-order valence-corrected chi connectivity index (χ4v) is 9.29. The molecule has 0 aromatic carbocycles. The largest absolute Gasteiger partial charge is 0.414 e. The minimum Gasteiger partial charge on any atom is -0.414 e. The third-order valence-corrected chi connectivity index (χ3v) is 30.1. The summed E-state index contributed by atoms with van der Waals surface area (Å²) >= 11 is 0. The van der Waals surface area contributed by atoms with Crippen LogP contribution in [0.1, 0.15) is 83.1 Å². The van der Waals surface area contributed by atoms with Gasteiger partial charge in [-0.1, -0.05) is 89.2 Å². The molecule has 1 N–H and O–H groups in total. The minimum atomic E-state index is -2.43. The zero-order valence-electron chi connectivity index (χ0n) is 36.2. The van der Waals surface area contributed by atoms with Crippen LogP contribution in [0.5, 0.6) is 0 Å². The molecular formula is C37H80O9Si4. The predicted octanol–water partition coefficient (Wildman–Crippen LogP) is 9.46. The highest BCUT2D eigenvalue weighted by Gasteiger charge is 2.57. The fraction of sp³-hybridized carbons (Fsp3) is 0.946. The second-order valence-electron chi connectivity index (χ2n) is 20.3. The molecule has 13 heteroatoms. The molecule has 1 heterocycles. The van der Waals surface area contributed by atoms with Crippen molar-refractivity contribution in [3.8, 4) is 0 Å². The van der Waals surface area contributed by atoms with Crippen LogP contribution in [0.2, 0.25) is 72.5 Å². The molecule has 0 aromatic heterocycles. The number of rotatable bonds is 17. The summed E-state index contributed by atoms with van der Waals surface area (Å²) < 4.78 is 53.5. The molecule has 0 radical (unpaired) electrons. The average Bonchev–Trinajstić information content (AvgIpc) is 2.91. The molecule has 9 nitrogen and oxygen atoms in total. The van der Waals surface area contributed by atoms with E-state index in [4.69, 9.17) is 36.7 Å². The van der Waals surface area contributed by atoms with Crippen molar-refractivity contribution in [3.63, 3.8) is 0 Å². The Morgan fingerprint density at radius 3 is 1.44 bits per heavy atom. The molecule has 0 bridgehead atoms. The quantitative estimate of drug-likeness (QED) is 0.0881. The van der Waals surface area contributed by atoms with Crippen molar-refractivity contribution in [1.82, 2.24) is 0 Å². The van der Waals surface area contributed by atoms with Crippen LogP contribution in [0.4, 0.5) is 0 Å². The lowest BCUT2D eigenvalue weighted by Gasteiger charge is -2.55. The topological polar surface area (TPSA) is 94.1 Å². The third kappa shape index (κ3) is 12.7.